The molecular formula is C15H24ClN5O3. The van der Waals surface area contributed by atoms with E-state index in [1.54, 1.807) is 26.9 Å². The van der Waals surface area contributed by atoms with E-state index in [1.807, 2.05) is 7.05 Å². The van der Waals surface area contributed by atoms with Crippen molar-refractivity contribution in [2.24, 2.45) is 18.2 Å². The molecule has 2 N–H and O–H groups in total. The Morgan fingerprint density at radius 2 is 2.08 bits per heavy atom. The Morgan fingerprint density at radius 1 is 1.38 bits per heavy atom. The van der Waals surface area contributed by atoms with Crippen LogP contribution in [-0.2, 0) is 21.4 Å². The maximum absolute atomic E-state index is 12.9. The first-order valence-electron chi connectivity index (χ1n) is 7.92. The van der Waals surface area contributed by atoms with E-state index in [2.05, 4.69) is 5.10 Å². The lowest BCUT2D eigenvalue weighted by atomic mass is 9.78. The first kappa shape index (κ1) is 18.7. The van der Waals surface area contributed by atoms with E-state index in [-0.39, 0.29) is 30.8 Å². The Morgan fingerprint density at radius 3 is 2.62 bits per heavy atom. The fourth-order valence-electron chi connectivity index (χ4n) is 3.27. The summed E-state index contributed by atoms with van der Waals surface area (Å²) in [6.45, 7) is 2.48. The summed E-state index contributed by atoms with van der Waals surface area (Å²) in [5.74, 6) is -0.0979. The molecule has 2 saturated heterocycles. The molecule has 0 radical (unpaired) electrons. The van der Waals surface area contributed by atoms with Gasteiger partial charge in [0.1, 0.15) is 6.54 Å². The van der Waals surface area contributed by atoms with Gasteiger partial charge in [0, 0.05) is 46.1 Å². The lowest BCUT2D eigenvalue weighted by molar-refractivity contribution is -0.150. The average molecular weight is 358 g/mol. The fraction of sp³-hybridized carbons (Fsp3) is 0.667. The van der Waals surface area contributed by atoms with Crippen molar-refractivity contribution < 1.29 is 14.3 Å². The number of carbonyl (C=O) groups excluding carboxylic acids is 2. The second-order valence-electron chi connectivity index (χ2n) is 6.24. The summed E-state index contributed by atoms with van der Waals surface area (Å²) in [5.41, 5.74) is 6.09. The monoisotopic (exact) mass is 357 g/mol. The lowest BCUT2D eigenvalue weighted by Crippen LogP contribution is -2.58. The van der Waals surface area contributed by atoms with Crippen molar-refractivity contribution >= 4 is 29.9 Å². The molecule has 2 fully saturated rings. The molecule has 0 bridgehead atoms. The molecule has 0 spiro atoms. The van der Waals surface area contributed by atoms with Gasteiger partial charge in [-0.2, -0.15) is 5.10 Å². The normalized spacial score (nSPS) is 20.7. The highest BCUT2D eigenvalue weighted by molar-refractivity contribution is 5.98. The maximum atomic E-state index is 12.9. The molecule has 9 heteroatoms. The molecule has 3 rings (SSSR count). The molecule has 0 aliphatic carbocycles. The van der Waals surface area contributed by atoms with Gasteiger partial charge in [0.05, 0.1) is 17.3 Å². The van der Waals surface area contributed by atoms with E-state index in [9.17, 15) is 9.59 Å². The second kappa shape index (κ2) is 7.50. The predicted octanol–water partition coefficient (Wildman–Crippen LogP) is -0.227. The SMILES string of the molecule is Cl.Cn1cc(N2CCN(C(=O)C3(CN)CCOCC3)CC2=O)cn1. The number of carbonyl (C=O) groups is 2. The molecule has 8 nitrogen and oxygen atoms in total. The Hall–Kier alpha value is -1.64. The van der Waals surface area contributed by atoms with Gasteiger partial charge >= 0.3 is 0 Å². The van der Waals surface area contributed by atoms with Crippen molar-refractivity contribution in [1.29, 1.82) is 0 Å². The minimum absolute atomic E-state index is 0. The summed E-state index contributed by atoms with van der Waals surface area (Å²) in [7, 11) is 1.81. The van der Waals surface area contributed by atoms with Gasteiger partial charge in [-0.1, -0.05) is 0 Å². The molecule has 1 aromatic rings. The smallest absolute Gasteiger partial charge is 0.246 e. The number of hydrogen-bond donors (Lipinski definition) is 1. The van der Waals surface area contributed by atoms with Crippen LogP contribution in [0.5, 0.6) is 0 Å². The molecule has 0 aromatic carbocycles. The van der Waals surface area contributed by atoms with Crippen molar-refractivity contribution in [1.82, 2.24) is 14.7 Å². The van der Waals surface area contributed by atoms with Crippen LogP contribution in [0.25, 0.3) is 0 Å². The van der Waals surface area contributed by atoms with E-state index in [1.165, 1.54) is 0 Å². The van der Waals surface area contributed by atoms with Gasteiger partial charge in [-0.25, -0.2) is 0 Å². The van der Waals surface area contributed by atoms with Crippen LogP contribution in [-0.4, -0.2) is 65.9 Å². The number of ether oxygens (including phenoxy) is 1. The van der Waals surface area contributed by atoms with Crippen LogP contribution in [0, 0.1) is 5.41 Å². The molecule has 1 aromatic heterocycles. The van der Waals surface area contributed by atoms with Gasteiger partial charge in [-0.3, -0.25) is 14.3 Å². The number of nitrogens with zero attached hydrogens (tertiary/aromatic N) is 4. The zero-order valence-electron chi connectivity index (χ0n) is 13.8. The number of nitrogens with two attached hydrogens (primary N) is 1. The van der Waals surface area contributed by atoms with E-state index in [0.717, 1.165) is 5.69 Å². The molecule has 0 atom stereocenters. The van der Waals surface area contributed by atoms with Crippen LogP contribution in [0.1, 0.15) is 12.8 Å². The first-order chi connectivity index (χ1) is 11.1. The third-order valence-corrected chi connectivity index (χ3v) is 4.81. The standard InChI is InChI=1S/C15H23N5O3.ClH/c1-18-9-12(8-17-18)20-5-4-19(10-13(20)21)14(22)15(11-16)2-6-23-7-3-15;/h8-9H,2-7,10-11,16H2,1H3;1H. The van der Waals surface area contributed by atoms with Gasteiger partial charge in [0.25, 0.3) is 0 Å². The first-order valence-corrected chi connectivity index (χ1v) is 7.92. The average Bonchev–Trinajstić information content (AvgIpc) is 3.00. The van der Waals surface area contributed by atoms with Gasteiger partial charge in [-0.05, 0) is 12.8 Å². The van der Waals surface area contributed by atoms with Crippen LogP contribution in [0.3, 0.4) is 0 Å². The van der Waals surface area contributed by atoms with Gasteiger partial charge < -0.3 is 20.3 Å². The summed E-state index contributed by atoms with van der Waals surface area (Å²) in [6.07, 6.45) is 4.71. The zero-order chi connectivity index (χ0) is 16.4. The molecular weight excluding hydrogens is 334 g/mol. The highest BCUT2D eigenvalue weighted by atomic mass is 35.5. The third-order valence-electron chi connectivity index (χ3n) is 4.81. The lowest BCUT2D eigenvalue weighted by Gasteiger charge is -2.41. The molecule has 2 aliphatic rings. The van der Waals surface area contributed by atoms with Gasteiger partial charge in [-0.15, -0.1) is 12.4 Å². The number of amides is 2. The Bertz CT molecular complexity index is 600. The van der Waals surface area contributed by atoms with Gasteiger partial charge in [0.2, 0.25) is 11.8 Å². The summed E-state index contributed by atoms with van der Waals surface area (Å²) in [4.78, 5) is 28.7. The number of aryl methyl sites for hydroxylation is 1. The number of piperazine rings is 1. The second-order valence-corrected chi connectivity index (χ2v) is 6.24. The topological polar surface area (TPSA) is 93.7 Å². The summed E-state index contributed by atoms with van der Waals surface area (Å²) < 4.78 is 7.01. The van der Waals surface area contributed by atoms with E-state index in [4.69, 9.17) is 10.5 Å². The van der Waals surface area contributed by atoms with Crippen molar-refractivity contribution in [2.75, 3.05) is 44.3 Å². The van der Waals surface area contributed by atoms with Crippen molar-refractivity contribution in [3.8, 4) is 0 Å². The van der Waals surface area contributed by atoms with Crippen LogP contribution in [0.15, 0.2) is 12.4 Å². The Kier molecular flexibility index (Phi) is 5.84. The highest BCUT2D eigenvalue weighted by Gasteiger charge is 2.43. The summed E-state index contributed by atoms with van der Waals surface area (Å²) >= 11 is 0. The number of rotatable bonds is 3. The van der Waals surface area contributed by atoms with Crippen LogP contribution in [0.2, 0.25) is 0 Å². The van der Waals surface area contributed by atoms with E-state index in [0.29, 0.717) is 45.7 Å². The van der Waals surface area contributed by atoms with Crippen molar-refractivity contribution in [2.45, 2.75) is 12.8 Å². The summed E-state index contributed by atoms with van der Waals surface area (Å²) in [6, 6.07) is 0. The summed E-state index contributed by atoms with van der Waals surface area (Å²) in [5, 5.41) is 4.09. The van der Waals surface area contributed by atoms with Crippen molar-refractivity contribution in [3.05, 3.63) is 12.4 Å². The highest BCUT2D eigenvalue weighted by Crippen LogP contribution is 2.32. The molecule has 24 heavy (non-hydrogen) atoms. The predicted molar refractivity (Wildman–Crippen MR) is 90.9 cm³/mol. The largest absolute Gasteiger partial charge is 0.381 e. The van der Waals surface area contributed by atoms with Gasteiger partial charge in [0.15, 0.2) is 0 Å². The zero-order valence-corrected chi connectivity index (χ0v) is 14.6. The van der Waals surface area contributed by atoms with E-state index < -0.39 is 5.41 Å². The number of aromatic nitrogens is 2. The minimum Gasteiger partial charge on any atom is -0.381 e. The number of anilines is 1. The molecule has 134 valence electrons. The molecule has 3 heterocycles. The van der Waals surface area contributed by atoms with Crippen LogP contribution >= 0.6 is 12.4 Å². The Labute approximate surface area is 147 Å². The molecule has 2 amide bonds. The Balaban J connectivity index is 0.00000208. The van der Waals surface area contributed by atoms with E-state index >= 15 is 0 Å². The van der Waals surface area contributed by atoms with Crippen LogP contribution < -0.4 is 10.6 Å². The van der Waals surface area contributed by atoms with Crippen LogP contribution in [0.4, 0.5) is 5.69 Å². The molecule has 0 saturated carbocycles. The number of halogens is 1. The third kappa shape index (κ3) is 3.40. The quantitative estimate of drug-likeness (QED) is 0.806. The van der Waals surface area contributed by atoms with Crippen molar-refractivity contribution in [3.63, 3.8) is 0 Å². The molecule has 2 aliphatic heterocycles. The fourth-order valence-corrected chi connectivity index (χ4v) is 3.27. The minimum atomic E-state index is -0.574. The maximum Gasteiger partial charge on any atom is 0.246 e. The molecule has 0 unspecified atom stereocenters. The number of hydrogen-bond acceptors (Lipinski definition) is 5.